The highest BCUT2D eigenvalue weighted by Crippen LogP contribution is 2.33. The second-order valence-electron chi connectivity index (χ2n) is 5.55. The second-order valence-corrected chi connectivity index (χ2v) is 5.99. The van der Waals surface area contributed by atoms with Gasteiger partial charge in [0.2, 0.25) is 5.91 Å². The van der Waals surface area contributed by atoms with E-state index >= 15 is 0 Å². The molecule has 3 rings (SSSR count). The Balaban J connectivity index is 2.02. The topological polar surface area (TPSA) is 86.9 Å². The number of anilines is 2. The molecule has 1 aliphatic heterocycles. The minimum atomic E-state index is -0.370. The van der Waals surface area contributed by atoms with Gasteiger partial charge in [-0.1, -0.05) is 11.6 Å². The number of carbonyl (C=O) groups is 2. The molecule has 1 aromatic carbocycles. The average Bonchev–Trinajstić information content (AvgIpc) is 3.08. The van der Waals surface area contributed by atoms with Crippen LogP contribution in [0.5, 0.6) is 0 Å². The summed E-state index contributed by atoms with van der Waals surface area (Å²) in [6, 6.07) is 8.85. The molecule has 0 fully saturated rings. The minimum Gasteiger partial charge on any atom is -0.337 e. The normalized spacial score (nSPS) is 12.4. The van der Waals surface area contributed by atoms with Crippen LogP contribution in [0.3, 0.4) is 0 Å². The number of nitriles is 1. The summed E-state index contributed by atoms with van der Waals surface area (Å²) < 4.78 is 1.81. The Hall–Kier alpha value is -2.78. The summed E-state index contributed by atoms with van der Waals surface area (Å²) in [7, 11) is 0. The number of benzene rings is 1. The van der Waals surface area contributed by atoms with E-state index in [1.807, 2.05) is 4.57 Å². The molecule has 0 aliphatic carbocycles. The van der Waals surface area contributed by atoms with Crippen molar-refractivity contribution in [3.63, 3.8) is 0 Å². The highest BCUT2D eigenvalue weighted by molar-refractivity contribution is 6.30. The van der Waals surface area contributed by atoms with Crippen molar-refractivity contribution < 1.29 is 9.59 Å². The smallest absolute Gasteiger partial charge is 0.274 e. The number of hydrogen-bond donors (Lipinski definition) is 2. The molecule has 122 valence electrons. The Morgan fingerprint density at radius 3 is 2.58 bits per heavy atom. The van der Waals surface area contributed by atoms with Crippen LogP contribution in [0.4, 0.5) is 11.4 Å². The lowest BCUT2D eigenvalue weighted by molar-refractivity contribution is -0.114. The zero-order valence-electron chi connectivity index (χ0n) is 13.0. The molecule has 2 N–H and O–H groups in total. The van der Waals surface area contributed by atoms with Crippen LogP contribution in [-0.4, -0.2) is 16.4 Å². The number of amides is 2. The molecule has 2 heterocycles. The molecule has 0 radical (unpaired) electrons. The minimum absolute atomic E-state index is 0.283. The summed E-state index contributed by atoms with van der Waals surface area (Å²) >= 11 is 5.85. The van der Waals surface area contributed by atoms with Gasteiger partial charge < -0.3 is 15.2 Å². The molecule has 2 aromatic rings. The lowest BCUT2D eigenvalue weighted by atomic mass is 10.1. The van der Waals surface area contributed by atoms with Gasteiger partial charge in [-0.25, -0.2) is 0 Å². The number of fused-ring (bicyclic) bond motifs is 1. The first-order chi connectivity index (χ1) is 11.5. The quantitative estimate of drug-likeness (QED) is 0.898. The molecule has 0 bridgehead atoms. The van der Waals surface area contributed by atoms with Crippen molar-refractivity contribution in [2.24, 2.45) is 0 Å². The summed E-state index contributed by atoms with van der Waals surface area (Å²) in [5.74, 6) is -0.693. The molecule has 1 aliphatic rings. The van der Waals surface area contributed by atoms with Crippen LogP contribution in [0, 0.1) is 11.3 Å². The summed E-state index contributed by atoms with van der Waals surface area (Å²) in [5.41, 5.74) is 2.34. The van der Waals surface area contributed by atoms with Crippen molar-refractivity contribution in [2.45, 2.75) is 26.3 Å². The van der Waals surface area contributed by atoms with Gasteiger partial charge in [0.25, 0.3) is 5.91 Å². The van der Waals surface area contributed by atoms with Crippen LogP contribution < -0.4 is 10.6 Å². The highest BCUT2D eigenvalue weighted by Gasteiger charge is 2.30. The lowest BCUT2D eigenvalue weighted by Crippen LogP contribution is -2.19. The molecule has 0 atom stereocenters. The molecule has 0 saturated carbocycles. The van der Waals surface area contributed by atoms with E-state index in [2.05, 4.69) is 16.7 Å². The SMILES string of the molecule is CC(=O)Nc1c(C#N)c2n(c1C(=O)Nc1ccc(Cl)cc1)CCC2. The van der Waals surface area contributed by atoms with Crippen LogP contribution in [0.2, 0.25) is 5.02 Å². The zero-order valence-corrected chi connectivity index (χ0v) is 13.8. The van der Waals surface area contributed by atoms with Gasteiger partial charge in [-0.3, -0.25) is 9.59 Å². The largest absolute Gasteiger partial charge is 0.337 e. The molecular weight excluding hydrogens is 328 g/mol. The molecule has 6 nitrogen and oxygen atoms in total. The van der Waals surface area contributed by atoms with Gasteiger partial charge in [-0.05, 0) is 37.1 Å². The first-order valence-electron chi connectivity index (χ1n) is 7.51. The first kappa shape index (κ1) is 16.1. The van der Waals surface area contributed by atoms with Gasteiger partial charge in [-0.15, -0.1) is 0 Å². The zero-order chi connectivity index (χ0) is 17.3. The molecule has 2 amide bonds. The molecule has 24 heavy (non-hydrogen) atoms. The van der Waals surface area contributed by atoms with Crippen LogP contribution in [-0.2, 0) is 17.8 Å². The summed E-state index contributed by atoms with van der Waals surface area (Å²) in [4.78, 5) is 24.3. The fraction of sp³-hybridized carbons (Fsp3) is 0.235. The number of nitrogens with one attached hydrogen (secondary N) is 2. The van der Waals surface area contributed by atoms with E-state index in [4.69, 9.17) is 11.6 Å². The van der Waals surface area contributed by atoms with E-state index in [9.17, 15) is 14.9 Å². The maximum Gasteiger partial charge on any atom is 0.274 e. The lowest BCUT2D eigenvalue weighted by Gasteiger charge is -2.10. The average molecular weight is 343 g/mol. The van der Waals surface area contributed by atoms with Gasteiger partial charge in [-0.2, -0.15) is 5.26 Å². The van der Waals surface area contributed by atoms with Crippen LogP contribution in [0.1, 0.15) is 35.1 Å². The molecule has 0 spiro atoms. The molecule has 0 saturated heterocycles. The number of aromatic nitrogens is 1. The third-order valence-electron chi connectivity index (χ3n) is 3.90. The van der Waals surface area contributed by atoms with Crippen LogP contribution in [0.15, 0.2) is 24.3 Å². The first-order valence-corrected chi connectivity index (χ1v) is 7.89. The predicted molar refractivity (Wildman–Crippen MR) is 91.2 cm³/mol. The third-order valence-corrected chi connectivity index (χ3v) is 4.15. The highest BCUT2D eigenvalue weighted by atomic mass is 35.5. The Morgan fingerprint density at radius 1 is 1.25 bits per heavy atom. The molecule has 0 unspecified atom stereocenters. The summed E-state index contributed by atoms with van der Waals surface area (Å²) in [6.07, 6.45) is 1.58. The predicted octanol–water partition coefficient (Wildman–Crippen LogP) is 3.17. The number of carbonyl (C=O) groups excluding carboxylic acids is 2. The van der Waals surface area contributed by atoms with Crippen LogP contribution >= 0.6 is 11.6 Å². The van der Waals surface area contributed by atoms with Crippen molar-refractivity contribution in [1.82, 2.24) is 4.57 Å². The number of halogens is 1. The Morgan fingerprint density at radius 2 is 1.96 bits per heavy atom. The van der Waals surface area contributed by atoms with Crippen molar-refractivity contribution in [2.75, 3.05) is 10.6 Å². The Kier molecular flexibility index (Phi) is 4.28. The third kappa shape index (κ3) is 2.86. The standard InChI is InChI=1S/C17H15ClN4O2/c1-10(23)20-15-13(9-19)14-3-2-8-22(14)16(15)17(24)21-12-6-4-11(18)5-7-12/h4-7H,2-3,8H2,1H3,(H,20,23)(H,21,24). The molecule has 1 aromatic heterocycles. The molecular formula is C17H15ClN4O2. The number of rotatable bonds is 3. The van der Waals surface area contributed by atoms with E-state index in [1.165, 1.54) is 6.92 Å². The number of nitrogens with zero attached hydrogens (tertiary/aromatic N) is 2. The summed E-state index contributed by atoms with van der Waals surface area (Å²) in [5, 5.41) is 15.4. The van der Waals surface area contributed by atoms with Gasteiger partial charge in [0.05, 0.1) is 11.3 Å². The van der Waals surface area contributed by atoms with Crippen molar-refractivity contribution in [3.05, 3.63) is 46.2 Å². The van der Waals surface area contributed by atoms with Crippen LogP contribution in [0.25, 0.3) is 0 Å². The fourth-order valence-corrected chi connectivity index (χ4v) is 3.08. The second kappa shape index (κ2) is 6.38. The van der Waals surface area contributed by atoms with Crippen molar-refractivity contribution >= 4 is 34.8 Å². The van der Waals surface area contributed by atoms with E-state index in [-0.39, 0.29) is 17.5 Å². The van der Waals surface area contributed by atoms with Gasteiger partial charge in [0, 0.05) is 29.9 Å². The maximum atomic E-state index is 12.8. The Bertz CT molecular complexity index is 862. The monoisotopic (exact) mass is 342 g/mol. The van der Waals surface area contributed by atoms with Crippen molar-refractivity contribution in [3.8, 4) is 6.07 Å². The van der Waals surface area contributed by atoms with E-state index in [0.717, 1.165) is 12.1 Å². The summed E-state index contributed by atoms with van der Waals surface area (Å²) in [6.45, 7) is 2.00. The van der Waals surface area contributed by atoms with E-state index in [0.29, 0.717) is 34.9 Å². The van der Waals surface area contributed by atoms with Gasteiger partial charge >= 0.3 is 0 Å². The number of hydrogen-bond acceptors (Lipinski definition) is 3. The fourth-order valence-electron chi connectivity index (χ4n) is 2.96. The van der Waals surface area contributed by atoms with E-state index in [1.54, 1.807) is 24.3 Å². The van der Waals surface area contributed by atoms with Gasteiger partial charge in [0.1, 0.15) is 11.8 Å². The van der Waals surface area contributed by atoms with Gasteiger partial charge in [0.15, 0.2) is 0 Å². The van der Waals surface area contributed by atoms with Crippen molar-refractivity contribution in [1.29, 1.82) is 5.26 Å². The van der Waals surface area contributed by atoms with E-state index < -0.39 is 0 Å². The Labute approximate surface area is 144 Å². The molecule has 7 heteroatoms. The maximum absolute atomic E-state index is 12.8.